The van der Waals surface area contributed by atoms with E-state index in [9.17, 15) is 9.59 Å². The van der Waals surface area contributed by atoms with E-state index in [4.69, 9.17) is 5.11 Å². The van der Waals surface area contributed by atoms with Crippen LogP contribution in [-0.4, -0.2) is 41.0 Å². The minimum Gasteiger partial charge on any atom is -0.481 e. The van der Waals surface area contributed by atoms with Crippen molar-refractivity contribution in [3.8, 4) is 0 Å². The van der Waals surface area contributed by atoms with Crippen molar-refractivity contribution in [1.82, 2.24) is 21.1 Å². The van der Waals surface area contributed by atoms with E-state index in [0.717, 1.165) is 0 Å². The van der Waals surface area contributed by atoms with Crippen LogP contribution in [0.25, 0.3) is 0 Å². The molecule has 7 heteroatoms. The van der Waals surface area contributed by atoms with Gasteiger partial charge in [-0.15, -0.1) is 0 Å². The summed E-state index contributed by atoms with van der Waals surface area (Å²) in [4.78, 5) is 22.3. The van der Waals surface area contributed by atoms with E-state index in [1.165, 1.54) is 5.01 Å². The molecule has 14 heavy (non-hydrogen) atoms. The Morgan fingerprint density at radius 1 is 1.64 bits per heavy atom. The number of carbonyl (C=O) groups excluding carboxylic acids is 1. The normalized spacial score (nSPS) is 37.1. The molecular formula is C7H12N4O3. The summed E-state index contributed by atoms with van der Waals surface area (Å²) in [6, 6.07) is 0. The first kappa shape index (κ1) is 9.38. The van der Waals surface area contributed by atoms with E-state index in [-0.39, 0.29) is 19.0 Å². The van der Waals surface area contributed by atoms with Crippen molar-refractivity contribution in [3.63, 3.8) is 0 Å². The monoisotopic (exact) mass is 200 g/mol. The van der Waals surface area contributed by atoms with Crippen LogP contribution in [0, 0.1) is 5.92 Å². The molecule has 0 aliphatic carbocycles. The Morgan fingerprint density at radius 3 is 3.00 bits per heavy atom. The van der Waals surface area contributed by atoms with Crippen LogP contribution in [0.2, 0.25) is 0 Å². The van der Waals surface area contributed by atoms with Gasteiger partial charge in [-0.1, -0.05) is 0 Å². The Labute approximate surface area is 80.4 Å². The molecule has 0 saturated carbocycles. The molecule has 2 rings (SSSR count). The van der Waals surface area contributed by atoms with E-state index >= 15 is 0 Å². The van der Waals surface area contributed by atoms with Gasteiger partial charge in [-0.25, -0.2) is 10.4 Å². The predicted molar refractivity (Wildman–Crippen MR) is 45.5 cm³/mol. The zero-order chi connectivity index (χ0) is 10.3. The second-order valence-corrected chi connectivity index (χ2v) is 3.43. The van der Waals surface area contributed by atoms with E-state index in [1.54, 1.807) is 0 Å². The third-order valence-electron chi connectivity index (χ3n) is 2.35. The molecular weight excluding hydrogens is 188 g/mol. The number of nitrogens with zero attached hydrogens (tertiary/aromatic N) is 1. The number of rotatable bonds is 1. The average Bonchev–Trinajstić information content (AvgIpc) is 2.46. The number of carboxylic acids is 1. The molecule has 0 aromatic carbocycles. The Kier molecular flexibility index (Phi) is 2.14. The lowest BCUT2D eigenvalue weighted by Gasteiger charge is -2.32. The van der Waals surface area contributed by atoms with Gasteiger partial charge in [0.2, 0.25) is 0 Å². The van der Waals surface area contributed by atoms with Crippen LogP contribution in [0.4, 0.5) is 0 Å². The third-order valence-corrected chi connectivity index (χ3v) is 2.35. The highest BCUT2D eigenvalue weighted by Gasteiger charge is 2.43. The smallest absolute Gasteiger partial charge is 0.317 e. The highest BCUT2D eigenvalue weighted by Crippen LogP contribution is 2.12. The van der Waals surface area contributed by atoms with Gasteiger partial charge in [0.15, 0.2) is 6.29 Å². The van der Waals surface area contributed by atoms with Crippen molar-refractivity contribution in [3.05, 3.63) is 0 Å². The lowest BCUT2D eigenvalue weighted by molar-refractivity contribution is -0.156. The molecule has 0 aromatic rings. The number of carboxylic acid groups (broad SMARTS) is 1. The summed E-state index contributed by atoms with van der Waals surface area (Å²) in [6.07, 6.45) is -0.336. The molecule has 78 valence electrons. The fraction of sp³-hybridized carbons (Fsp3) is 0.714. The number of nitrogens with one attached hydrogen (secondary N) is 3. The molecule has 3 unspecified atom stereocenters. The van der Waals surface area contributed by atoms with Crippen LogP contribution in [0.1, 0.15) is 6.92 Å². The summed E-state index contributed by atoms with van der Waals surface area (Å²) in [6.45, 7) is 2.01. The van der Waals surface area contributed by atoms with Crippen molar-refractivity contribution in [2.75, 3.05) is 6.54 Å². The molecule has 2 aliphatic rings. The maximum Gasteiger partial charge on any atom is 0.317 e. The molecule has 0 spiro atoms. The van der Waals surface area contributed by atoms with Crippen LogP contribution in [-0.2, 0) is 9.59 Å². The van der Waals surface area contributed by atoms with Gasteiger partial charge in [0.05, 0.1) is 6.17 Å². The highest BCUT2D eigenvalue weighted by atomic mass is 16.4. The predicted octanol–water partition coefficient (Wildman–Crippen LogP) is -2.14. The van der Waals surface area contributed by atoms with Gasteiger partial charge in [-0.05, 0) is 6.92 Å². The van der Waals surface area contributed by atoms with Crippen LogP contribution >= 0.6 is 0 Å². The quantitative estimate of drug-likeness (QED) is 0.361. The van der Waals surface area contributed by atoms with Crippen LogP contribution in [0.5, 0.6) is 0 Å². The summed E-state index contributed by atoms with van der Waals surface area (Å²) in [5.74, 6) is -2.49. The molecule has 7 nitrogen and oxygen atoms in total. The molecule has 2 aliphatic heterocycles. The third kappa shape index (κ3) is 1.35. The summed E-state index contributed by atoms with van der Waals surface area (Å²) in [7, 11) is 0. The standard InChI is InChI=1S/C7H12N4O3/c1-3-9-7-8-2-4(6(13)14)5(12)11(7)10-3/h3-4,7-10H,2H2,1H3,(H,13,14). The summed E-state index contributed by atoms with van der Waals surface area (Å²) < 4.78 is 0. The Bertz CT molecular complexity index is 282. The van der Waals surface area contributed by atoms with Crippen molar-refractivity contribution in [2.24, 2.45) is 5.92 Å². The zero-order valence-electron chi connectivity index (χ0n) is 7.65. The Balaban J connectivity index is 2.13. The van der Waals surface area contributed by atoms with Gasteiger partial charge in [-0.3, -0.25) is 20.2 Å². The van der Waals surface area contributed by atoms with E-state index in [1.807, 2.05) is 6.92 Å². The summed E-state index contributed by atoms with van der Waals surface area (Å²) in [5, 5.41) is 16.0. The fourth-order valence-electron chi connectivity index (χ4n) is 1.65. The van der Waals surface area contributed by atoms with Crippen molar-refractivity contribution >= 4 is 11.9 Å². The second-order valence-electron chi connectivity index (χ2n) is 3.43. The first-order valence-corrected chi connectivity index (χ1v) is 4.41. The molecule has 0 bridgehead atoms. The van der Waals surface area contributed by atoms with Crippen LogP contribution in [0.15, 0.2) is 0 Å². The first-order chi connectivity index (χ1) is 6.59. The van der Waals surface area contributed by atoms with Gasteiger partial charge in [-0.2, -0.15) is 0 Å². The van der Waals surface area contributed by atoms with Gasteiger partial charge in [0, 0.05) is 6.54 Å². The van der Waals surface area contributed by atoms with Gasteiger partial charge < -0.3 is 5.11 Å². The Morgan fingerprint density at radius 2 is 2.36 bits per heavy atom. The number of hydrogen-bond acceptors (Lipinski definition) is 5. The van der Waals surface area contributed by atoms with Crippen molar-refractivity contribution < 1.29 is 14.7 Å². The molecule has 3 atom stereocenters. The Hall–Kier alpha value is -1.18. The molecule has 0 aromatic heterocycles. The maximum absolute atomic E-state index is 11.6. The summed E-state index contributed by atoms with van der Waals surface area (Å²) in [5.41, 5.74) is 2.84. The number of hydrazine groups is 1. The van der Waals surface area contributed by atoms with Crippen LogP contribution in [0.3, 0.4) is 0 Å². The summed E-state index contributed by atoms with van der Waals surface area (Å²) >= 11 is 0. The van der Waals surface area contributed by atoms with E-state index in [0.29, 0.717) is 0 Å². The zero-order valence-corrected chi connectivity index (χ0v) is 7.65. The number of fused-ring (bicyclic) bond motifs is 1. The second kappa shape index (κ2) is 3.19. The number of aliphatic carboxylic acids is 1. The van der Waals surface area contributed by atoms with Gasteiger partial charge in [0.1, 0.15) is 5.92 Å². The maximum atomic E-state index is 11.6. The lowest BCUT2D eigenvalue weighted by atomic mass is 10.1. The average molecular weight is 200 g/mol. The van der Waals surface area contributed by atoms with E-state index in [2.05, 4.69) is 16.1 Å². The SMILES string of the molecule is CC1NC2NCC(C(=O)O)C(=O)N2N1. The van der Waals surface area contributed by atoms with Gasteiger partial charge in [0.25, 0.3) is 5.91 Å². The molecule has 0 radical (unpaired) electrons. The molecule has 2 heterocycles. The molecule has 2 fully saturated rings. The van der Waals surface area contributed by atoms with Crippen LogP contribution < -0.4 is 16.1 Å². The molecule has 4 N–H and O–H groups in total. The highest BCUT2D eigenvalue weighted by molar-refractivity contribution is 5.97. The number of hydrogen-bond donors (Lipinski definition) is 4. The van der Waals surface area contributed by atoms with Crippen molar-refractivity contribution in [1.29, 1.82) is 0 Å². The van der Waals surface area contributed by atoms with Crippen molar-refractivity contribution in [2.45, 2.75) is 19.4 Å². The number of carbonyl (C=O) groups is 2. The first-order valence-electron chi connectivity index (χ1n) is 4.41. The van der Waals surface area contributed by atoms with E-state index < -0.39 is 17.8 Å². The lowest BCUT2D eigenvalue weighted by Crippen LogP contribution is -2.62. The topological polar surface area (TPSA) is 93.7 Å². The largest absolute Gasteiger partial charge is 0.481 e. The minimum absolute atomic E-state index is 0.0380. The molecule has 1 amide bonds. The number of amides is 1. The minimum atomic E-state index is -1.10. The van der Waals surface area contributed by atoms with Gasteiger partial charge >= 0.3 is 5.97 Å². The fourth-order valence-corrected chi connectivity index (χ4v) is 1.65. The molecule has 2 saturated heterocycles.